The lowest BCUT2D eigenvalue weighted by molar-refractivity contribution is 0.507. The van der Waals surface area contributed by atoms with Gasteiger partial charge in [0.15, 0.2) is 0 Å². The summed E-state index contributed by atoms with van der Waals surface area (Å²) in [5.74, 6) is 0.898. The highest BCUT2D eigenvalue weighted by atomic mass is 79.9. The molecular weight excluding hydrogens is 312 g/mol. The number of nitrogens with zero attached hydrogens (tertiary/aromatic N) is 1. The molecule has 3 nitrogen and oxygen atoms in total. The summed E-state index contributed by atoms with van der Waals surface area (Å²) in [7, 11) is 1.98. The SMILES string of the molecule is CN(Cc1ccco1)c1ccc(Br)cc1C(N)=S. The van der Waals surface area contributed by atoms with Gasteiger partial charge in [-0.15, -0.1) is 0 Å². The number of halogens is 1. The molecule has 94 valence electrons. The Morgan fingerprint density at radius 2 is 2.22 bits per heavy atom. The number of benzene rings is 1. The predicted octanol–water partition coefficient (Wildman–Crippen LogP) is 3.31. The van der Waals surface area contributed by atoms with Crippen molar-refractivity contribution in [2.24, 2.45) is 5.73 Å². The van der Waals surface area contributed by atoms with E-state index in [1.54, 1.807) is 6.26 Å². The molecule has 0 aliphatic rings. The minimum absolute atomic E-state index is 0.387. The Hall–Kier alpha value is -1.33. The zero-order chi connectivity index (χ0) is 13.1. The topological polar surface area (TPSA) is 42.4 Å². The maximum absolute atomic E-state index is 5.76. The molecule has 0 aliphatic carbocycles. The summed E-state index contributed by atoms with van der Waals surface area (Å²) in [6.45, 7) is 0.671. The van der Waals surface area contributed by atoms with Gasteiger partial charge < -0.3 is 15.1 Å². The van der Waals surface area contributed by atoms with Crippen LogP contribution in [0.2, 0.25) is 0 Å². The van der Waals surface area contributed by atoms with E-state index < -0.39 is 0 Å². The highest BCUT2D eigenvalue weighted by Gasteiger charge is 2.11. The van der Waals surface area contributed by atoms with Gasteiger partial charge in [0.05, 0.1) is 12.8 Å². The molecule has 0 saturated carbocycles. The molecule has 1 heterocycles. The molecule has 2 aromatic rings. The second-order valence-corrected chi connectivity index (χ2v) is 5.32. The van der Waals surface area contributed by atoms with Crippen molar-refractivity contribution >= 4 is 38.8 Å². The summed E-state index contributed by atoms with van der Waals surface area (Å²) in [6, 6.07) is 9.70. The smallest absolute Gasteiger partial charge is 0.123 e. The first-order chi connectivity index (χ1) is 8.58. The van der Waals surface area contributed by atoms with E-state index in [2.05, 4.69) is 20.8 Å². The Morgan fingerprint density at radius 1 is 1.44 bits per heavy atom. The van der Waals surface area contributed by atoms with E-state index in [1.165, 1.54) is 0 Å². The van der Waals surface area contributed by atoms with Crippen LogP contribution in [0.15, 0.2) is 45.5 Å². The van der Waals surface area contributed by atoms with Gasteiger partial charge in [0.25, 0.3) is 0 Å². The first-order valence-electron chi connectivity index (χ1n) is 5.41. The summed E-state index contributed by atoms with van der Waals surface area (Å²) >= 11 is 8.51. The lowest BCUT2D eigenvalue weighted by Gasteiger charge is -2.21. The Kier molecular flexibility index (Phi) is 4.04. The number of anilines is 1. The van der Waals surface area contributed by atoms with E-state index in [1.807, 2.05) is 37.4 Å². The molecule has 0 fully saturated rings. The van der Waals surface area contributed by atoms with Crippen LogP contribution < -0.4 is 10.6 Å². The van der Waals surface area contributed by atoms with Crippen LogP contribution in [0, 0.1) is 0 Å². The molecule has 0 bridgehead atoms. The van der Waals surface area contributed by atoms with Crippen molar-refractivity contribution in [3.63, 3.8) is 0 Å². The van der Waals surface area contributed by atoms with Crippen LogP contribution in [-0.2, 0) is 6.54 Å². The molecule has 0 amide bonds. The third-order valence-electron chi connectivity index (χ3n) is 2.61. The summed E-state index contributed by atoms with van der Waals surface area (Å²) in [5.41, 5.74) is 7.60. The van der Waals surface area contributed by atoms with Gasteiger partial charge in [-0.1, -0.05) is 28.1 Å². The van der Waals surface area contributed by atoms with Gasteiger partial charge in [0.2, 0.25) is 0 Å². The van der Waals surface area contributed by atoms with Crippen molar-refractivity contribution in [1.29, 1.82) is 0 Å². The highest BCUT2D eigenvalue weighted by molar-refractivity contribution is 9.10. The lowest BCUT2D eigenvalue weighted by atomic mass is 10.1. The molecule has 0 radical (unpaired) electrons. The number of hydrogen-bond acceptors (Lipinski definition) is 3. The number of nitrogens with two attached hydrogens (primary N) is 1. The molecule has 2 N–H and O–H groups in total. The van der Waals surface area contributed by atoms with E-state index in [0.29, 0.717) is 11.5 Å². The van der Waals surface area contributed by atoms with E-state index in [9.17, 15) is 0 Å². The molecule has 0 saturated heterocycles. The van der Waals surface area contributed by atoms with E-state index in [0.717, 1.165) is 21.5 Å². The average Bonchev–Trinajstić information content (AvgIpc) is 2.81. The molecule has 0 aliphatic heterocycles. The minimum atomic E-state index is 0.387. The Balaban J connectivity index is 2.29. The highest BCUT2D eigenvalue weighted by Crippen LogP contribution is 2.25. The predicted molar refractivity (Wildman–Crippen MR) is 80.8 cm³/mol. The maximum atomic E-state index is 5.76. The fourth-order valence-corrected chi connectivity index (χ4v) is 2.28. The average molecular weight is 325 g/mol. The number of thiocarbonyl (C=S) groups is 1. The Morgan fingerprint density at radius 3 is 2.83 bits per heavy atom. The van der Waals surface area contributed by atoms with Crippen LogP contribution in [0.5, 0.6) is 0 Å². The van der Waals surface area contributed by atoms with Gasteiger partial charge in [0.1, 0.15) is 10.7 Å². The number of rotatable bonds is 4. The zero-order valence-electron chi connectivity index (χ0n) is 9.89. The molecule has 2 rings (SSSR count). The first-order valence-corrected chi connectivity index (χ1v) is 6.61. The van der Waals surface area contributed by atoms with E-state index >= 15 is 0 Å². The van der Waals surface area contributed by atoms with Crippen molar-refractivity contribution in [2.75, 3.05) is 11.9 Å². The number of furan rings is 1. The summed E-state index contributed by atoms with van der Waals surface area (Å²) < 4.78 is 6.29. The van der Waals surface area contributed by atoms with Gasteiger partial charge in [-0.2, -0.15) is 0 Å². The fourth-order valence-electron chi connectivity index (χ4n) is 1.76. The lowest BCUT2D eigenvalue weighted by Crippen LogP contribution is -2.21. The third kappa shape index (κ3) is 2.91. The standard InChI is InChI=1S/C13H13BrN2OS/c1-16(8-10-3-2-6-17-10)12-5-4-9(14)7-11(12)13(15)18/h2-7H,8H2,1H3,(H2,15,18). The van der Waals surface area contributed by atoms with Crippen LogP contribution in [0.3, 0.4) is 0 Å². The van der Waals surface area contributed by atoms with Crippen LogP contribution in [0.25, 0.3) is 0 Å². The minimum Gasteiger partial charge on any atom is -0.467 e. The monoisotopic (exact) mass is 324 g/mol. The second-order valence-electron chi connectivity index (χ2n) is 3.96. The quantitative estimate of drug-likeness (QED) is 0.876. The zero-order valence-corrected chi connectivity index (χ0v) is 12.3. The van der Waals surface area contributed by atoms with Crippen LogP contribution >= 0.6 is 28.1 Å². The van der Waals surface area contributed by atoms with E-state index in [-0.39, 0.29) is 0 Å². The van der Waals surface area contributed by atoms with Crippen LogP contribution in [0.1, 0.15) is 11.3 Å². The summed E-state index contributed by atoms with van der Waals surface area (Å²) in [4.78, 5) is 2.44. The fraction of sp³-hybridized carbons (Fsp3) is 0.154. The van der Waals surface area contributed by atoms with E-state index in [4.69, 9.17) is 22.4 Å². The van der Waals surface area contributed by atoms with Crippen LogP contribution in [-0.4, -0.2) is 12.0 Å². The van der Waals surface area contributed by atoms with Crippen molar-refractivity contribution < 1.29 is 4.42 Å². The molecule has 18 heavy (non-hydrogen) atoms. The summed E-state index contributed by atoms with van der Waals surface area (Å²) in [6.07, 6.45) is 1.67. The van der Waals surface area contributed by atoms with Gasteiger partial charge in [-0.3, -0.25) is 0 Å². The Labute approximate surface area is 120 Å². The molecule has 0 atom stereocenters. The van der Waals surface area contributed by atoms with Crippen molar-refractivity contribution in [2.45, 2.75) is 6.54 Å². The number of hydrogen-bond donors (Lipinski definition) is 1. The summed E-state index contributed by atoms with van der Waals surface area (Å²) in [5, 5.41) is 0. The van der Waals surface area contributed by atoms with Crippen molar-refractivity contribution in [3.8, 4) is 0 Å². The van der Waals surface area contributed by atoms with Gasteiger partial charge in [-0.05, 0) is 30.3 Å². The molecule has 1 aromatic heterocycles. The molecule has 1 aromatic carbocycles. The van der Waals surface area contributed by atoms with Gasteiger partial charge in [-0.25, -0.2) is 0 Å². The molecule has 0 unspecified atom stereocenters. The molecule has 0 spiro atoms. The molecule has 5 heteroatoms. The molecular formula is C13H13BrN2OS. The largest absolute Gasteiger partial charge is 0.467 e. The van der Waals surface area contributed by atoms with Gasteiger partial charge in [0, 0.05) is 22.8 Å². The first kappa shape index (κ1) is 13.1. The third-order valence-corrected chi connectivity index (χ3v) is 3.32. The maximum Gasteiger partial charge on any atom is 0.123 e. The van der Waals surface area contributed by atoms with Crippen molar-refractivity contribution in [1.82, 2.24) is 0 Å². The normalized spacial score (nSPS) is 10.3. The Bertz CT molecular complexity index is 554. The second kappa shape index (κ2) is 5.54. The van der Waals surface area contributed by atoms with Crippen LogP contribution in [0.4, 0.5) is 5.69 Å². The van der Waals surface area contributed by atoms with Crippen molar-refractivity contribution in [3.05, 3.63) is 52.4 Å². The van der Waals surface area contributed by atoms with Gasteiger partial charge >= 0.3 is 0 Å².